The number of halogens is 2. The maximum atomic E-state index is 12.6. The molecule has 0 saturated heterocycles. The van der Waals surface area contributed by atoms with Crippen molar-refractivity contribution in [2.24, 2.45) is 0 Å². The van der Waals surface area contributed by atoms with Crippen LogP contribution in [-0.2, 0) is 11.2 Å². The van der Waals surface area contributed by atoms with E-state index in [4.69, 9.17) is 4.74 Å². The second kappa shape index (κ2) is 7.38. The van der Waals surface area contributed by atoms with Gasteiger partial charge in [0, 0.05) is 12.1 Å². The van der Waals surface area contributed by atoms with Gasteiger partial charge in [0.2, 0.25) is 5.91 Å². The largest absolute Gasteiger partial charge is 0.494 e. The first-order chi connectivity index (χ1) is 10.1. The minimum absolute atomic E-state index is 0.237. The van der Waals surface area contributed by atoms with Crippen molar-refractivity contribution in [3.8, 4) is 5.75 Å². The van der Waals surface area contributed by atoms with Gasteiger partial charge in [0.1, 0.15) is 5.75 Å². The van der Waals surface area contributed by atoms with Gasteiger partial charge < -0.3 is 9.64 Å². The van der Waals surface area contributed by atoms with Crippen LogP contribution >= 0.6 is 0 Å². The average Bonchev–Trinajstić information content (AvgIpc) is 2.46. The molecule has 0 fully saturated rings. The Balaban J connectivity index is 2.07. The van der Waals surface area contributed by atoms with Gasteiger partial charge >= 0.3 is 0 Å². The van der Waals surface area contributed by atoms with Gasteiger partial charge in [-0.05, 0) is 36.6 Å². The molecule has 1 heterocycles. The van der Waals surface area contributed by atoms with Crippen molar-refractivity contribution in [3.63, 3.8) is 0 Å². The molecule has 3 nitrogen and oxygen atoms in total. The van der Waals surface area contributed by atoms with Gasteiger partial charge in [0.25, 0.3) is 6.43 Å². The minimum atomic E-state index is -2.52. The molecule has 0 aliphatic carbocycles. The summed E-state index contributed by atoms with van der Waals surface area (Å²) in [4.78, 5) is 13.0. The molecule has 0 atom stereocenters. The number of hydrogen-bond donors (Lipinski definition) is 0. The van der Waals surface area contributed by atoms with Crippen LogP contribution in [0.3, 0.4) is 0 Å². The molecular weight excluding hydrogens is 276 g/mol. The Hall–Kier alpha value is -1.65. The SMILES string of the molecule is CCCCCOc1ccc2c(c1)CCC(=O)N2CC(F)F. The molecule has 21 heavy (non-hydrogen) atoms. The fourth-order valence-corrected chi connectivity index (χ4v) is 2.51. The Kier molecular flexibility index (Phi) is 5.53. The lowest BCUT2D eigenvalue weighted by molar-refractivity contribution is -0.119. The van der Waals surface area contributed by atoms with Gasteiger partial charge in [0.05, 0.1) is 13.2 Å². The molecule has 2 rings (SSSR count). The molecule has 0 unspecified atom stereocenters. The molecule has 0 bridgehead atoms. The van der Waals surface area contributed by atoms with E-state index >= 15 is 0 Å². The molecule has 0 radical (unpaired) electrons. The molecule has 1 amide bonds. The van der Waals surface area contributed by atoms with Crippen molar-refractivity contribution in [2.75, 3.05) is 18.1 Å². The molecule has 0 aromatic heterocycles. The quantitative estimate of drug-likeness (QED) is 0.716. The molecule has 116 valence electrons. The Morgan fingerprint density at radius 1 is 1.29 bits per heavy atom. The molecule has 1 aromatic rings. The number of rotatable bonds is 7. The molecule has 5 heteroatoms. The van der Waals surface area contributed by atoms with E-state index in [2.05, 4.69) is 6.92 Å². The fraction of sp³-hybridized carbons (Fsp3) is 0.562. The van der Waals surface area contributed by atoms with Gasteiger partial charge in [-0.15, -0.1) is 0 Å². The Morgan fingerprint density at radius 3 is 2.81 bits per heavy atom. The predicted molar refractivity (Wildman–Crippen MR) is 78.1 cm³/mol. The highest BCUT2D eigenvalue weighted by atomic mass is 19.3. The summed E-state index contributed by atoms with van der Waals surface area (Å²) in [5.41, 5.74) is 1.50. The summed E-state index contributed by atoms with van der Waals surface area (Å²) in [6, 6.07) is 5.33. The second-order valence-corrected chi connectivity index (χ2v) is 5.24. The number of carbonyl (C=O) groups excluding carboxylic acids is 1. The molecule has 1 aliphatic heterocycles. The summed E-state index contributed by atoms with van der Waals surface area (Å²) in [5, 5.41) is 0. The summed E-state index contributed by atoms with van der Waals surface area (Å²) < 4.78 is 30.8. The lowest BCUT2D eigenvalue weighted by atomic mass is 10.0. The van der Waals surface area contributed by atoms with Crippen molar-refractivity contribution >= 4 is 11.6 Å². The number of amides is 1. The summed E-state index contributed by atoms with van der Waals surface area (Å²) in [6.07, 6.45) is 1.60. The van der Waals surface area contributed by atoms with Crippen LogP contribution < -0.4 is 9.64 Å². The first kappa shape index (κ1) is 15.7. The van der Waals surface area contributed by atoms with E-state index in [0.29, 0.717) is 18.7 Å². The third-order valence-corrected chi connectivity index (χ3v) is 3.59. The van der Waals surface area contributed by atoms with E-state index in [0.717, 1.165) is 30.6 Å². The van der Waals surface area contributed by atoms with E-state index in [1.807, 2.05) is 6.07 Å². The van der Waals surface area contributed by atoms with Crippen LogP contribution in [0.25, 0.3) is 0 Å². The van der Waals surface area contributed by atoms with E-state index < -0.39 is 13.0 Å². The van der Waals surface area contributed by atoms with Crippen molar-refractivity contribution in [1.29, 1.82) is 0 Å². The van der Waals surface area contributed by atoms with E-state index in [9.17, 15) is 13.6 Å². The lowest BCUT2D eigenvalue weighted by Gasteiger charge is -2.29. The van der Waals surface area contributed by atoms with Crippen LogP contribution in [0.1, 0.15) is 38.2 Å². The van der Waals surface area contributed by atoms with Crippen molar-refractivity contribution in [1.82, 2.24) is 0 Å². The Labute approximate surface area is 123 Å². The first-order valence-corrected chi connectivity index (χ1v) is 7.46. The van der Waals surface area contributed by atoms with Gasteiger partial charge in [-0.25, -0.2) is 8.78 Å². The number of alkyl halides is 2. The molecule has 1 aromatic carbocycles. The number of fused-ring (bicyclic) bond motifs is 1. The van der Waals surface area contributed by atoms with Gasteiger partial charge in [-0.2, -0.15) is 0 Å². The van der Waals surface area contributed by atoms with Crippen molar-refractivity contribution < 1.29 is 18.3 Å². The van der Waals surface area contributed by atoms with Crippen molar-refractivity contribution in [2.45, 2.75) is 45.5 Å². The third-order valence-electron chi connectivity index (χ3n) is 3.59. The van der Waals surface area contributed by atoms with Crippen molar-refractivity contribution in [3.05, 3.63) is 23.8 Å². The maximum absolute atomic E-state index is 12.6. The Bertz CT molecular complexity index is 491. The number of aryl methyl sites for hydroxylation is 1. The van der Waals surface area contributed by atoms with Gasteiger partial charge in [-0.3, -0.25) is 4.79 Å². The molecule has 1 aliphatic rings. The highest BCUT2D eigenvalue weighted by Gasteiger charge is 2.26. The first-order valence-electron chi connectivity index (χ1n) is 7.46. The van der Waals surface area contributed by atoms with Gasteiger partial charge in [0.15, 0.2) is 0 Å². The number of hydrogen-bond acceptors (Lipinski definition) is 2. The number of ether oxygens (including phenoxy) is 1. The third kappa shape index (κ3) is 4.16. The van der Waals surface area contributed by atoms with E-state index in [-0.39, 0.29) is 12.3 Å². The summed E-state index contributed by atoms with van der Waals surface area (Å²) in [7, 11) is 0. The molecule has 0 N–H and O–H groups in total. The fourth-order valence-electron chi connectivity index (χ4n) is 2.51. The Morgan fingerprint density at radius 2 is 2.10 bits per heavy atom. The van der Waals surface area contributed by atoms with Crippen LogP contribution in [-0.4, -0.2) is 25.5 Å². The number of carbonyl (C=O) groups is 1. The van der Waals surface area contributed by atoms with Crippen LogP contribution in [0.5, 0.6) is 5.75 Å². The predicted octanol–water partition coefficient (Wildman–Crippen LogP) is 3.80. The number of benzene rings is 1. The zero-order valence-corrected chi connectivity index (χ0v) is 12.3. The zero-order chi connectivity index (χ0) is 15.2. The second-order valence-electron chi connectivity index (χ2n) is 5.24. The number of unbranched alkanes of at least 4 members (excludes halogenated alkanes) is 2. The molecular formula is C16H21F2NO2. The van der Waals surface area contributed by atoms with Crippen LogP contribution in [0.15, 0.2) is 18.2 Å². The number of nitrogens with zero attached hydrogens (tertiary/aromatic N) is 1. The summed E-state index contributed by atoms with van der Waals surface area (Å²) in [5.74, 6) is 0.510. The highest BCUT2D eigenvalue weighted by molar-refractivity contribution is 5.96. The van der Waals surface area contributed by atoms with E-state index in [1.54, 1.807) is 12.1 Å². The van der Waals surface area contributed by atoms with Crippen LogP contribution in [0, 0.1) is 0 Å². The van der Waals surface area contributed by atoms with Gasteiger partial charge in [-0.1, -0.05) is 19.8 Å². The standard InChI is InChI=1S/C16H21F2NO2/c1-2-3-4-9-21-13-6-7-14-12(10-13)5-8-16(20)19(14)11-15(17)18/h6-7,10,15H,2-5,8-9,11H2,1H3. The highest BCUT2D eigenvalue weighted by Crippen LogP contribution is 2.31. The van der Waals surface area contributed by atoms with E-state index in [1.165, 1.54) is 4.90 Å². The topological polar surface area (TPSA) is 29.5 Å². The van der Waals surface area contributed by atoms with Crippen LogP contribution in [0.4, 0.5) is 14.5 Å². The zero-order valence-electron chi connectivity index (χ0n) is 12.3. The monoisotopic (exact) mass is 297 g/mol. The smallest absolute Gasteiger partial charge is 0.256 e. The average molecular weight is 297 g/mol. The summed E-state index contributed by atoms with van der Waals surface area (Å²) >= 11 is 0. The maximum Gasteiger partial charge on any atom is 0.256 e. The molecule has 0 saturated carbocycles. The lowest BCUT2D eigenvalue weighted by Crippen LogP contribution is -2.38. The van der Waals surface area contributed by atoms with Crippen LogP contribution in [0.2, 0.25) is 0 Å². The normalized spacial score (nSPS) is 14.5. The minimum Gasteiger partial charge on any atom is -0.494 e. The molecule has 0 spiro atoms. The summed E-state index contributed by atoms with van der Waals surface area (Å²) in [6.45, 7) is 2.25. The number of anilines is 1.